The van der Waals surface area contributed by atoms with Crippen LogP contribution in [0.4, 0.5) is 18.9 Å². The third-order valence-electron chi connectivity index (χ3n) is 6.78. The second kappa shape index (κ2) is 10.4. The van der Waals surface area contributed by atoms with Gasteiger partial charge in [0.1, 0.15) is 5.69 Å². The number of alkyl halides is 3. The molecule has 2 amide bonds. The molecule has 1 fully saturated rings. The fourth-order valence-corrected chi connectivity index (χ4v) is 4.94. The van der Waals surface area contributed by atoms with Gasteiger partial charge in [0.15, 0.2) is 0 Å². The van der Waals surface area contributed by atoms with Crippen LogP contribution in [0.25, 0.3) is 11.3 Å². The summed E-state index contributed by atoms with van der Waals surface area (Å²) in [4.78, 5) is 27.6. The van der Waals surface area contributed by atoms with Crippen LogP contribution >= 0.6 is 0 Å². The minimum absolute atomic E-state index is 0.0189. The Labute approximate surface area is 222 Å². The average Bonchev–Trinajstić information content (AvgIpc) is 3.58. The molecule has 1 aliphatic rings. The Balaban J connectivity index is 1.20. The smallest absolute Gasteiger partial charge is 0.338 e. The highest BCUT2D eigenvalue weighted by molar-refractivity contribution is 6.03. The monoisotopic (exact) mass is 536 g/mol. The molecule has 1 saturated heterocycles. The first kappa shape index (κ1) is 26.2. The van der Waals surface area contributed by atoms with Crippen molar-refractivity contribution in [2.24, 2.45) is 0 Å². The fourth-order valence-electron chi connectivity index (χ4n) is 4.94. The van der Waals surface area contributed by atoms with E-state index in [4.69, 9.17) is 0 Å². The van der Waals surface area contributed by atoms with Gasteiger partial charge in [-0.25, -0.2) is 0 Å². The lowest BCUT2D eigenvalue weighted by molar-refractivity contribution is -0.137. The van der Waals surface area contributed by atoms with Gasteiger partial charge in [0.2, 0.25) is 0 Å². The van der Waals surface area contributed by atoms with E-state index >= 15 is 0 Å². The zero-order chi connectivity index (χ0) is 27.7. The number of nitrogens with zero attached hydrogens (tertiary/aromatic N) is 4. The molecule has 2 N–H and O–H groups in total. The first-order valence-electron chi connectivity index (χ1n) is 12.5. The number of rotatable bonds is 5. The van der Waals surface area contributed by atoms with Crippen LogP contribution in [0, 0.1) is 13.8 Å². The summed E-state index contributed by atoms with van der Waals surface area (Å²) in [6.45, 7) is 5.13. The number of aryl methyl sites for hydroxylation is 2. The van der Waals surface area contributed by atoms with E-state index in [-0.39, 0.29) is 28.9 Å². The maximum absolute atomic E-state index is 13.4. The molecule has 202 valence electrons. The predicted molar refractivity (Wildman–Crippen MR) is 139 cm³/mol. The number of hydrogen-bond donors (Lipinski definition) is 2. The molecule has 11 heteroatoms. The minimum Gasteiger partial charge on any atom is -0.338 e. The molecule has 5 rings (SSSR count). The highest BCUT2D eigenvalue weighted by Gasteiger charge is 2.34. The lowest BCUT2D eigenvalue weighted by Gasteiger charge is -2.32. The van der Waals surface area contributed by atoms with Gasteiger partial charge in [0.25, 0.3) is 11.8 Å². The molecule has 4 aromatic rings. The van der Waals surface area contributed by atoms with Crippen molar-refractivity contribution < 1.29 is 22.8 Å². The number of piperidine rings is 1. The molecule has 0 unspecified atom stereocenters. The van der Waals surface area contributed by atoms with Gasteiger partial charge in [-0.15, -0.1) is 0 Å². The van der Waals surface area contributed by atoms with Crippen molar-refractivity contribution in [2.75, 3.05) is 18.4 Å². The number of H-pyrrole nitrogens is 1. The number of carbonyl (C=O) groups excluding carboxylic acids is 2. The molecule has 3 heterocycles. The molecular weight excluding hydrogens is 509 g/mol. The molecule has 8 nitrogen and oxygen atoms in total. The lowest BCUT2D eigenvalue weighted by atomic mass is 10.0. The van der Waals surface area contributed by atoms with Gasteiger partial charge in [-0.2, -0.15) is 23.4 Å². The van der Waals surface area contributed by atoms with Crippen LogP contribution in [0.2, 0.25) is 0 Å². The predicted octanol–water partition coefficient (Wildman–Crippen LogP) is 5.64. The van der Waals surface area contributed by atoms with Crippen molar-refractivity contribution in [3.05, 3.63) is 88.9 Å². The van der Waals surface area contributed by atoms with Gasteiger partial charge >= 0.3 is 6.18 Å². The topological polar surface area (TPSA) is 95.9 Å². The minimum atomic E-state index is -4.55. The molecule has 0 radical (unpaired) electrons. The summed E-state index contributed by atoms with van der Waals surface area (Å²) < 4.78 is 41.9. The summed E-state index contributed by atoms with van der Waals surface area (Å²) in [6.07, 6.45) is 0.110. The molecule has 39 heavy (non-hydrogen) atoms. The van der Waals surface area contributed by atoms with Crippen LogP contribution in [0.3, 0.4) is 0 Å². The maximum atomic E-state index is 13.4. The zero-order valence-electron chi connectivity index (χ0n) is 21.4. The van der Waals surface area contributed by atoms with E-state index in [0.29, 0.717) is 37.2 Å². The summed E-state index contributed by atoms with van der Waals surface area (Å²) in [5.74, 6) is -0.530. The number of amides is 2. The number of nitrogens with one attached hydrogen (secondary N) is 2. The number of halogens is 3. The molecule has 0 aliphatic carbocycles. The fraction of sp³-hybridized carbons (Fsp3) is 0.286. The highest BCUT2D eigenvalue weighted by atomic mass is 19.4. The van der Waals surface area contributed by atoms with Crippen molar-refractivity contribution in [1.29, 1.82) is 0 Å². The molecule has 1 aliphatic heterocycles. The highest BCUT2D eigenvalue weighted by Crippen LogP contribution is 2.36. The Morgan fingerprint density at radius 3 is 2.41 bits per heavy atom. The van der Waals surface area contributed by atoms with Crippen molar-refractivity contribution in [1.82, 2.24) is 24.9 Å². The normalized spacial score (nSPS) is 14.4. The van der Waals surface area contributed by atoms with E-state index in [2.05, 4.69) is 20.6 Å². The molecule has 2 aromatic heterocycles. The van der Waals surface area contributed by atoms with Crippen LogP contribution in [-0.2, 0) is 6.18 Å². The Bertz CT molecular complexity index is 1500. The quantitative estimate of drug-likeness (QED) is 0.345. The summed E-state index contributed by atoms with van der Waals surface area (Å²) in [6, 6.07) is 12.3. The Kier molecular flexibility index (Phi) is 6.98. The van der Waals surface area contributed by atoms with Crippen molar-refractivity contribution in [3.8, 4) is 11.3 Å². The standard InChI is InChI=1S/C28H27F3N6O2/c1-17-11-18(2)13-19(12-17)27(39)36-9-7-21(8-10-36)37-16-20(15-32-37)33-26(38)25-14-24(34-35-25)22-5-3-4-6-23(22)28(29,30)31/h3-6,11-16,21H,7-10H2,1-2H3,(H,33,38)(H,34,35). The second-order valence-corrected chi connectivity index (χ2v) is 9.77. The number of carbonyl (C=O) groups is 2. The molecule has 0 spiro atoms. The van der Waals surface area contributed by atoms with Gasteiger partial charge in [-0.3, -0.25) is 19.4 Å². The summed E-state index contributed by atoms with van der Waals surface area (Å²) >= 11 is 0. The number of aromatic amines is 1. The van der Waals surface area contributed by atoms with Crippen LogP contribution in [0.15, 0.2) is 60.9 Å². The van der Waals surface area contributed by atoms with Crippen molar-refractivity contribution in [3.63, 3.8) is 0 Å². The number of benzene rings is 2. The maximum Gasteiger partial charge on any atom is 0.417 e. The lowest BCUT2D eigenvalue weighted by Crippen LogP contribution is -2.39. The van der Waals surface area contributed by atoms with Crippen molar-refractivity contribution in [2.45, 2.75) is 38.9 Å². The van der Waals surface area contributed by atoms with Crippen LogP contribution in [-0.4, -0.2) is 49.8 Å². The van der Waals surface area contributed by atoms with Gasteiger partial charge in [0, 0.05) is 30.4 Å². The third-order valence-corrected chi connectivity index (χ3v) is 6.78. The van der Waals surface area contributed by atoms with Crippen LogP contribution < -0.4 is 5.32 Å². The van der Waals surface area contributed by atoms with Crippen LogP contribution in [0.5, 0.6) is 0 Å². The van der Waals surface area contributed by atoms with E-state index in [1.807, 2.05) is 36.9 Å². The number of hydrogen-bond acceptors (Lipinski definition) is 4. The van der Waals surface area contributed by atoms with E-state index in [1.165, 1.54) is 30.5 Å². The zero-order valence-corrected chi connectivity index (χ0v) is 21.4. The summed E-state index contributed by atoms with van der Waals surface area (Å²) in [5, 5.41) is 13.5. The third kappa shape index (κ3) is 5.71. The Morgan fingerprint density at radius 2 is 1.72 bits per heavy atom. The Morgan fingerprint density at radius 1 is 1.03 bits per heavy atom. The van der Waals surface area contributed by atoms with Gasteiger partial charge in [0.05, 0.1) is 29.2 Å². The Hall–Kier alpha value is -4.41. The van der Waals surface area contributed by atoms with E-state index < -0.39 is 17.6 Å². The van der Waals surface area contributed by atoms with E-state index in [9.17, 15) is 22.8 Å². The summed E-state index contributed by atoms with van der Waals surface area (Å²) in [5.41, 5.74) is 2.34. The average molecular weight is 537 g/mol. The number of likely N-dealkylation sites (tertiary alicyclic amines) is 1. The first-order valence-corrected chi connectivity index (χ1v) is 12.5. The van der Waals surface area contributed by atoms with Crippen LogP contribution in [0.1, 0.15) is 56.4 Å². The van der Waals surface area contributed by atoms with E-state index in [1.54, 1.807) is 10.9 Å². The number of anilines is 1. The van der Waals surface area contributed by atoms with Crippen molar-refractivity contribution >= 4 is 17.5 Å². The first-order chi connectivity index (χ1) is 18.6. The molecule has 0 saturated carbocycles. The summed E-state index contributed by atoms with van der Waals surface area (Å²) in [7, 11) is 0. The SMILES string of the molecule is Cc1cc(C)cc(C(=O)N2CCC(n3cc(NC(=O)c4cc(-c5ccccc5C(F)(F)F)n[nH]4)cn3)CC2)c1. The van der Waals surface area contributed by atoms with E-state index in [0.717, 1.165) is 17.2 Å². The largest absolute Gasteiger partial charge is 0.417 e. The van der Waals surface area contributed by atoms with Gasteiger partial charge in [-0.1, -0.05) is 35.4 Å². The molecule has 0 bridgehead atoms. The van der Waals surface area contributed by atoms with Gasteiger partial charge in [-0.05, 0) is 51.0 Å². The number of aromatic nitrogens is 4. The van der Waals surface area contributed by atoms with Gasteiger partial charge < -0.3 is 10.2 Å². The molecule has 2 aromatic carbocycles. The second-order valence-electron chi connectivity index (χ2n) is 9.77. The molecular formula is C28H27F3N6O2. The molecule has 0 atom stereocenters.